The van der Waals surface area contributed by atoms with Gasteiger partial charge in [-0.05, 0) is 63.3 Å². The molecule has 2 atom stereocenters. The topological polar surface area (TPSA) is 112 Å². The van der Waals surface area contributed by atoms with Crippen molar-refractivity contribution in [1.29, 1.82) is 0 Å². The van der Waals surface area contributed by atoms with Gasteiger partial charge in [0.15, 0.2) is 0 Å². The number of imide groups is 1. The number of aromatic amines is 1. The molecule has 0 saturated heterocycles. The SMILES string of the molecule is CC(C)C[C@H](NCCc1ccccc1)C(=O)NC(=O)[C@H](Cc1c[nH]c2ccccc12)NC(=O)OC(C)(C)C. The Bertz CT molecular complexity index is 1210. The van der Waals surface area contributed by atoms with Crippen molar-refractivity contribution < 1.29 is 19.1 Å². The zero-order valence-corrected chi connectivity index (χ0v) is 23.0. The van der Waals surface area contributed by atoms with Crippen LogP contribution < -0.4 is 16.0 Å². The summed E-state index contributed by atoms with van der Waals surface area (Å²) in [4.78, 5) is 42.4. The summed E-state index contributed by atoms with van der Waals surface area (Å²) in [6.07, 6.45) is 2.62. The van der Waals surface area contributed by atoms with Crippen molar-refractivity contribution in [3.63, 3.8) is 0 Å². The predicted molar refractivity (Wildman–Crippen MR) is 150 cm³/mol. The van der Waals surface area contributed by atoms with Crippen molar-refractivity contribution in [2.24, 2.45) is 5.92 Å². The van der Waals surface area contributed by atoms with Gasteiger partial charge in [-0.1, -0.05) is 62.4 Å². The number of ether oxygens (including phenoxy) is 1. The number of nitrogens with one attached hydrogen (secondary N) is 4. The van der Waals surface area contributed by atoms with Crippen LogP contribution in [0.2, 0.25) is 0 Å². The van der Waals surface area contributed by atoms with E-state index in [1.807, 2.05) is 74.6 Å². The van der Waals surface area contributed by atoms with Crippen molar-refractivity contribution >= 4 is 28.8 Å². The van der Waals surface area contributed by atoms with Crippen LogP contribution in [-0.2, 0) is 27.2 Å². The van der Waals surface area contributed by atoms with Crippen molar-refractivity contribution in [2.75, 3.05) is 6.54 Å². The van der Waals surface area contributed by atoms with Gasteiger partial charge in [0.25, 0.3) is 0 Å². The van der Waals surface area contributed by atoms with Crippen LogP contribution in [0.15, 0.2) is 60.8 Å². The van der Waals surface area contributed by atoms with Gasteiger partial charge in [0.2, 0.25) is 11.8 Å². The molecule has 0 fully saturated rings. The number of carbonyl (C=O) groups is 3. The quantitative estimate of drug-likeness (QED) is 0.298. The average Bonchev–Trinajstić information content (AvgIpc) is 3.25. The maximum absolute atomic E-state index is 13.4. The first kappa shape index (κ1) is 28.9. The zero-order chi connectivity index (χ0) is 27.7. The number of fused-ring (bicyclic) bond motifs is 1. The van der Waals surface area contributed by atoms with Crippen LogP contribution >= 0.6 is 0 Å². The largest absolute Gasteiger partial charge is 0.444 e. The summed E-state index contributed by atoms with van der Waals surface area (Å²) >= 11 is 0. The van der Waals surface area contributed by atoms with Gasteiger partial charge in [0.05, 0.1) is 6.04 Å². The Morgan fingerprint density at radius 1 is 0.921 bits per heavy atom. The Morgan fingerprint density at radius 3 is 2.26 bits per heavy atom. The molecule has 3 rings (SSSR count). The molecule has 0 spiro atoms. The minimum absolute atomic E-state index is 0.193. The summed E-state index contributed by atoms with van der Waals surface area (Å²) in [5.74, 6) is -0.747. The third-order valence-electron chi connectivity index (χ3n) is 6.02. The Morgan fingerprint density at radius 2 is 1.58 bits per heavy atom. The van der Waals surface area contributed by atoms with Crippen LogP contribution in [0.25, 0.3) is 10.9 Å². The molecular formula is C30H40N4O4. The maximum atomic E-state index is 13.4. The third-order valence-corrected chi connectivity index (χ3v) is 6.02. The summed E-state index contributed by atoms with van der Waals surface area (Å²) in [5.41, 5.74) is 2.21. The molecular weight excluding hydrogens is 480 g/mol. The van der Waals surface area contributed by atoms with Gasteiger partial charge in [0.1, 0.15) is 11.6 Å². The van der Waals surface area contributed by atoms with Crippen LogP contribution in [0, 0.1) is 5.92 Å². The molecule has 3 aromatic rings. The van der Waals surface area contributed by atoms with E-state index in [2.05, 4.69) is 20.9 Å². The number of benzene rings is 2. The number of aromatic nitrogens is 1. The molecule has 0 aliphatic carbocycles. The van der Waals surface area contributed by atoms with Crippen molar-refractivity contribution in [1.82, 2.24) is 20.9 Å². The van der Waals surface area contributed by atoms with Gasteiger partial charge in [-0.3, -0.25) is 14.9 Å². The average molecular weight is 521 g/mol. The molecule has 0 saturated carbocycles. The molecule has 4 N–H and O–H groups in total. The third kappa shape index (κ3) is 9.03. The van der Waals surface area contributed by atoms with Crippen LogP contribution in [0.1, 0.15) is 52.2 Å². The number of carbonyl (C=O) groups excluding carboxylic acids is 3. The lowest BCUT2D eigenvalue weighted by atomic mass is 10.0. The number of rotatable bonds is 11. The number of H-pyrrole nitrogens is 1. The molecule has 1 aromatic heterocycles. The van der Waals surface area contributed by atoms with E-state index in [9.17, 15) is 14.4 Å². The fourth-order valence-corrected chi connectivity index (χ4v) is 4.27. The lowest BCUT2D eigenvalue weighted by molar-refractivity contribution is -0.133. The highest BCUT2D eigenvalue weighted by molar-refractivity contribution is 6.01. The van der Waals surface area contributed by atoms with Crippen LogP contribution in [-0.4, -0.2) is 47.1 Å². The normalized spacial score (nSPS) is 13.2. The fourth-order valence-electron chi connectivity index (χ4n) is 4.27. The monoisotopic (exact) mass is 520 g/mol. The van der Waals surface area contributed by atoms with Gasteiger partial charge < -0.3 is 20.4 Å². The molecule has 0 bridgehead atoms. The van der Waals surface area contributed by atoms with E-state index in [0.717, 1.165) is 22.9 Å². The van der Waals surface area contributed by atoms with E-state index in [0.29, 0.717) is 13.0 Å². The molecule has 0 aliphatic rings. The minimum atomic E-state index is -1.00. The summed E-state index contributed by atoms with van der Waals surface area (Å²) in [6, 6.07) is 16.2. The minimum Gasteiger partial charge on any atom is -0.444 e. The molecule has 8 heteroatoms. The molecule has 2 aromatic carbocycles. The lowest BCUT2D eigenvalue weighted by Gasteiger charge is -2.24. The van der Waals surface area contributed by atoms with Crippen molar-refractivity contribution in [3.8, 4) is 0 Å². The fraction of sp³-hybridized carbons (Fsp3) is 0.433. The highest BCUT2D eigenvalue weighted by Gasteiger charge is 2.29. The summed E-state index contributed by atoms with van der Waals surface area (Å²) in [5, 5.41) is 9.46. The Labute approximate surface area is 224 Å². The molecule has 3 amide bonds. The molecule has 8 nitrogen and oxygen atoms in total. The van der Waals surface area contributed by atoms with E-state index >= 15 is 0 Å². The predicted octanol–water partition coefficient (Wildman–Crippen LogP) is 4.49. The smallest absolute Gasteiger partial charge is 0.408 e. The van der Waals surface area contributed by atoms with E-state index in [4.69, 9.17) is 4.74 Å². The van der Waals surface area contributed by atoms with Crippen LogP contribution in [0.4, 0.5) is 4.79 Å². The lowest BCUT2D eigenvalue weighted by Crippen LogP contribution is -2.54. The first-order chi connectivity index (χ1) is 18.0. The van der Waals surface area contributed by atoms with Crippen molar-refractivity contribution in [2.45, 2.75) is 71.6 Å². The standard InChI is InChI=1S/C30H40N4O4/c1-20(2)17-25(31-16-15-21-11-7-6-8-12-21)27(35)34-28(36)26(33-29(37)38-30(3,4)5)18-22-19-32-24-14-10-9-13-23(22)24/h6-14,19-20,25-26,31-32H,15-18H2,1-5H3,(H,33,37)(H,34,35,36)/t25-,26-/m0/s1. The van der Waals surface area contributed by atoms with Gasteiger partial charge >= 0.3 is 6.09 Å². The number of amides is 3. The molecule has 38 heavy (non-hydrogen) atoms. The number of hydrogen-bond acceptors (Lipinski definition) is 5. The molecule has 0 aliphatic heterocycles. The second-order valence-corrected chi connectivity index (χ2v) is 11.0. The first-order valence-electron chi connectivity index (χ1n) is 13.2. The van der Waals surface area contributed by atoms with Crippen LogP contribution in [0.3, 0.4) is 0 Å². The highest BCUT2D eigenvalue weighted by atomic mass is 16.6. The van der Waals surface area contributed by atoms with E-state index in [1.165, 1.54) is 5.56 Å². The summed E-state index contributed by atoms with van der Waals surface area (Å²) < 4.78 is 5.39. The summed E-state index contributed by atoms with van der Waals surface area (Å²) in [6.45, 7) is 9.92. The molecule has 204 valence electrons. The maximum Gasteiger partial charge on any atom is 0.408 e. The van der Waals surface area contributed by atoms with Gasteiger partial charge in [-0.25, -0.2) is 4.79 Å². The number of alkyl carbamates (subject to hydrolysis) is 1. The second-order valence-electron chi connectivity index (χ2n) is 11.0. The molecule has 1 heterocycles. The molecule has 0 unspecified atom stereocenters. The highest BCUT2D eigenvalue weighted by Crippen LogP contribution is 2.19. The Kier molecular flexibility index (Phi) is 10.1. The second kappa shape index (κ2) is 13.2. The Hall–Kier alpha value is -3.65. The van der Waals surface area contributed by atoms with Crippen molar-refractivity contribution in [3.05, 3.63) is 71.9 Å². The summed E-state index contributed by atoms with van der Waals surface area (Å²) in [7, 11) is 0. The molecule has 0 radical (unpaired) electrons. The van der Waals surface area contributed by atoms with E-state index < -0.39 is 35.6 Å². The number of hydrogen-bond donors (Lipinski definition) is 4. The Balaban J connectivity index is 1.72. The number of para-hydroxylation sites is 1. The van der Waals surface area contributed by atoms with Gasteiger partial charge in [-0.2, -0.15) is 0 Å². The van der Waals surface area contributed by atoms with Gasteiger partial charge in [0, 0.05) is 23.5 Å². The van der Waals surface area contributed by atoms with Crippen LogP contribution in [0.5, 0.6) is 0 Å². The van der Waals surface area contributed by atoms with E-state index in [1.54, 1.807) is 20.8 Å². The van der Waals surface area contributed by atoms with Gasteiger partial charge in [-0.15, -0.1) is 0 Å². The zero-order valence-electron chi connectivity index (χ0n) is 23.0. The first-order valence-corrected chi connectivity index (χ1v) is 13.2. The van der Waals surface area contributed by atoms with E-state index in [-0.39, 0.29) is 12.3 Å².